The van der Waals surface area contributed by atoms with Crippen LogP contribution in [0.1, 0.15) is 0 Å². The minimum atomic E-state index is 0.521. The Bertz CT molecular complexity index is 3160. The lowest BCUT2D eigenvalue weighted by molar-refractivity contribution is 0.668. The summed E-state index contributed by atoms with van der Waals surface area (Å²) < 4.78 is 19.2. The van der Waals surface area contributed by atoms with E-state index in [9.17, 15) is 0 Å². The average Bonchev–Trinajstić information content (AvgIpc) is 3.89. The van der Waals surface area contributed by atoms with Gasteiger partial charge in [-0.2, -0.15) is 0 Å². The fourth-order valence-electron chi connectivity index (χ4n) is 7.34. The highest BCUT2D eigenvalue weighted by Crippen LogP contribution is 2.45. The molecule has 7 heteroatoms. The van der Waals surface area contributed by atoms with E-state index in [1.807, 2.05) is 91.0 Å². The number of rotatable bonds is 4. The number of aromatic nitrogens is 4. The molecule has 0 aliphatic carbocycles. The molecule has 6 aromatic carbocycles. The van der Waals surface area contributed by atoms with Crippen LogP contribution in [0.15, 0.2) is 159 Å². The first-order chi connectivity index (χ1) is 25.3. The van der Waals surface area contributed by atoms with Crippen LogP contribution in [0.5, 0.6) is 0 Å². The van der Waals surface area contributed by atoms with Gasteiger partial charge in [-0.3, -0.25) is 4.98 Å². The van der Waals surface area contributed by atoms with Gasteiger partial charge in [-0.05, 0) is 66.2 Å². The van der Waals surface area contributed by atoms with Gasteiger partial charge in [0.25, 0.3) is 0 Å². The summed E-state index contributed by atoms with van der Waals surface area (Å²) in [5, 5.41) is 6.11. The number of para-hydroxylation sites is 3. The van der Waals surface area contributed by atoms with Gasteiger partial charge >= 0.3 is 0 Å². The summed E-state index contributed by atoms with van der Waals surface area (Å²) in [6.45, 7) is 0. The maximum atomic E-state index is 6.72. The van der Waals surface area contributed by atoms with Gasteiger partial charge in [0, 0.05) is 67.0 Å². The highest BCUT2D eigenvalue weighted by Gasteiger charge is 2.23. The fourth-order valence-corrected chi connectivity index (χ4v) is 7.34. The number of fused-ring (bicyclic) bond motifs is 9. The van der Waals surface area contributed by atoms with Crippen LogP contribution in [0.3, 0.4) is 0 Å². The zero-order chi connectivity index (χ0) is 33.5. The first kappa shape index (κ1) is 27.8. The van der Waals surface area contributed by atoms with Crippen molar-refractivity contribution in [2.75, 3.05) is 0 Å². The van der Waals surface area contributed by atoms with Gasteiger partial charge in [-0.1, -0.05) is 72.8 Å². The van der Waals surface area contributed by atoms with Gasteiger partial charge in [0.2, 0.25) is 0 Å². The topological polar surface area (TPSA) is 91.0 Å². The molecule has 0 amide bonds. The van der Waals surface area contributed by atoms with Crippen LogP contribution < -0.4 is 0 Å². The Balaban J connectivity index is 1.18. The van der Waals surface area contributed by atoms with Crippen LogP contribution in [0.4, 0.5) is 0 Å². The molecule has 0 saturated carbocycles. The summed E-state index contributed by atoms with van der Waals surface area (Å²) in [6.07, 6.45) is 3.51. The van der Waals surface area contributed by atoms with E-state index in [-0.39, 0.29) is 0 Å². The maximum Gasteiger partial charge on any atom is 0.165 e. The van der Waals surface area contributed by atoms with E-state index in [1.165, 1.54) is 0 Å². The zero-order valence-electron chi connectivity index (χ0n) is 26.9. The Hall–Kier alpha value is -7.12. The second-order valence-corrected chi connectivity index (χ2v) is 12.6. The van der Waals surface area contributed by atoms with Gasteiger partial charge in [0.15, 0.2) is 17.5 Å². The van der Waals surface area contributed by atoms with Crippen molar-refractivity contribution >= 4 is 65.8 Å². The Morgan fingerprint density at radius 3 is 1.80 bits per heavy atom. The third-order valence-corrected chi connectivity index (χ3v) is 9.65. The Morgan fingerprint density at radius 2 is 1.00 bits per heavy atom. The standard InChI is InChI=1S/C44H24N4O3/c1-4-14-34-27(10-1)28-19-18-25(23-38(28)50-34)42-46-43(26-9-8-22-45-24-26)48-44(47-42)33-21-20-30(41-40(33)32-12-3-6-16-36(32)51-41)29-13-7-17-37-39(29)31-11-2-5-15-35(31)49-37/h1-24H. The molecule has 0 spiro atoms. The monoisotopic (exact) mass is 656 g/mol. The minimum absolute atomic E-state index is 0.521. The quantitative estimate of drug-likeness (QED) is 0.186. The van der Waals surface area contributed by atoms with Crippen molar-refractivity contribution in [1.29, 1.82) is 0 Å². The molecular weight excluding hydrogens is 633 g/mol. The summed E-state index contributed by atoms with van der Waals surface area (Å²) in [7, 11) is 0. The highest BCUT2D eigenvalue weighted by atomic mass is 16.3. The number of furan rings is 3. The molecule has 0 N–H and O–H groups in total. The first-order valence-corrected chi connectivity index (χ1v) is 16.7. The van der Waals surface area contributed by atoms with E-state index in [4.69, 9.17) is 28.2 Å². The third-order valence-electron chi connectivity index (χ3n) is 9.65. The molecule has 11 aromatic rings. The smallest absolute Gasteiger partial charge is 0.165 e. The van der Waals surface area contributed by atoms with Crippen LogP contribution in [0, 0.1) is 0 Å². The molecule has 0 unspecified atom stereocenters. The van der Waals surface area contributed by atoms with E-state index >= 15 is 0 Å². The van der Waals surface area contributed by atoms with E-state index in [2.05, 4.69) is 47.4 Å². The molecule has 0 aliphatic heterocycles. The predicted molar refractivity (Wildman–Crippen MR) is 201 cm³/mol. The van der Waals surface area contributed by atoms with Gasteiger partial charge in [-0.25, -0.2) is 15.0 Å². The maximum absolute atomic E-state index is 6.72. The summed E-state index contributed by atoms with van der Waals surface area (Å²) in [6, 6.07) is 44.6. The summed E-state index contributed by atoms with van der Waals surface area (Å²) in [5.41, 5.74) is 9.24. The van der Waals surface area contributed by atoms with Gasteiger partial charge in [0.1, 0.15) is 33.5 Å². The van der Waals surface area contributed by atoms with Crippen LogP contribution in [0.25, 0.3) is 111 Å². The molecule has 51 heavy (non-hydrogen) atoms. The van der Waals surface area contributed by atoms with Crippen LogP contribution in [-0.4, -0.2) is 19.9 Å². The third kappa shape index (κ3) is 4.25. The van der Waals surface area contributed by atoms with Gasteiger partial charge < -0.3 is 13.3 Å². The molecule has 0 aliphatic rings. The highest BCUT2D eigenvalue weighted by molar-refractivity contribution is 6.20. The number of hydrogen-bond donors (Lipinski definition) is 0. The number of hydrogen-bond acceptors (Lipinski definition) is 7. The molecule has 0 saturated heterocycles. The Morgan fingerprint density at radius 1 is 0.373 bits per heavy atom. The van der Waals surface area contributed by atoms with Crippen molar-refractivity contribution in [1.82, 2.24) is 19.9 Å². The van der Waals surface area contributed by atoms with Crippen molar-refractivity contribution < 1.29 is 13.3 Å². The SMILES string of the molecule is c1cncc(-c2nc(-c3ccc4c(c3)oc3ccccc34)nc(-c3ccc(-c4cccc5oc6ccccc6c45)c4oc5ccccc5c34)n2)c1. The van der Waals surface area contributed by atoms with Crippen molar-refractivity contribution in [3.05, 3.63) is 146 Å². The lowest BCUT2D eigenvalue weighted by Gasteiger charge is -2.11. The molecule has 0 bridgehead atoms. The van der Waals surface area contributed by atoms with E-state index in [0.717, 1.165) is 93.6 Å². The van der Waals surface area contributed by atoms with Crippen molar-refractivity contribution in [3.8, 4) is 45.3 Å². The molecule has 238 valence electrons. The predicted octanol–water partition coefficient (Wildman–Crippen LogP) is 11.6. The summed E-state index contributed by atoms with van der Waals surface area (Å²) >= 11 is 0. The molecule has 5 heterocycles. The second kappa shape index (κ2) is 10.7. The van der Waals surface area contributed by atoms with Gasteiger partial charge in [0.05, 0.1) is 0 Å². The van der Waals surface area contributed by atoms with Crippen LogP contribution in [0.2, 0.25) is 0 Å². The number of pyridine rings is 1. The number of benzene rings is 6. The van der Waals surface area contributed by atoms with Gasteiger partial charge in [-0.15, -0.1) is 0 Å². The van der Waals surface area contributed by atoms with E-state index in [1.54, 1.807) is 12.4 Å². The minimum Gasteiger partial charge on any atom is -0.456 e. The Labute approximate surface area is 289 Å². The van der Waals surface area contributed by atoms with Crippen molar-refractivity contribution in [2.24, 2.45) is 0 Å². The molecule has 0 fully saturated rings. The molecule has 0 atom stereocenters. The largest absolute Gasteiger partial charge is 0.456 e. The Kier molecular flexibility index (Phi) is 5.83. The average molecular weight is 657 g/mol. The van der Waals surface area contributed by atoms with Crippen LogP contribution >= 0.6 is 0 Å². The number of nitrogens with zero attached hydrogens (tertiary/aromatic N) is 4. The second-order valence-electron chi connectivity index (χ2n) is 12.6. The first-order valence-electron chi connectivity index (χ1n) is 16.7. The zero-order valence-corrected chi connectivity index (χ0v) is 26.9. The lowest BCUT2D eigenvalue weighted by Crippen LogP contribution is -2.00. The summed E-state index contributed by atoms with van der Waals surface area (Å²) in [4.78, 5) is 19.6. The molecule has 11 rings (SSSR count). The molecule has 7 nitrogen and oxygen atoms in total. The van der Waals surface area contributed by atoms with Crippen molar-refractivity contribution in [2.45, 2.75) is 0 Å². The summed E-state index contributed by atoms with van der Waals surface area (Å²) in [5.74, 6) is 1.58. The van der Waals surface area contributed by atoms with E-state index < -0.39 is 0 Å². The fraction of sp³-hybridized carbons (Fsp3) is 0. The molecule has 0 radical (unpaired) electrons. The van der Waals surface area contributed by atoms with Crippen LogP contribution in [-0.2, 0) is 0 Å². The molecule has 5 aromatic heterocycles. The van der Waals surface area contributed by atoms with E-state index in [0.29, 0.717) is 17.5 Å². The van der Waals surface area contributed by atoms with Crippen molar-refractivity contribution in [3.63, 3.8) is 0 Å². The molecular formula is C44H24N4O3. The lowest BCUT2D eigenvalue weighted by atomic mass is 9.95. The normalized spacial score (nSPS) is 11.9.